The molecule has 0 aromatic carbocycles. The first-order chi connectivity index (χ1) is 8.27. The van der Waals surface area contributed by atoms with Gasteiger partial charge in [0.2, 0.25) is 0 Å². The molecule has 0 bridgehead atoms. The monoisotopic (exact) mass is 228 g/mol. The van der Waals surface area contributed by atoms with Gasteiger partial charge in [-0.3, -0.25) is 4.98 Å². The average molecular weight is 228 g/mol. The molecule has 0 aliphatic rings. The molecule has 2 N–H and O–H groups in total. The van der Waals surface area contributed by atoms with Gasteiger partial charge in [0.1, 0.15) is 5.82 Å². The second kappa shape index (κ2) is 5.30. The molecule has 88 valence electrons. The minimum Gasteiger partial charge on any atom is -0.382 e. The molecule has 2 rings (SSSR count). The molecular weight excluding hydrogens is 212 g/mol. The Morgan fingerprint density at radius 2 is 1.94 bits per heavy atom. The lowest BCUT2D eigenvalue weighted by molar-refractivity contribution is 0.851. The fourth-order valence-corrected chi connectivity index (χ4v) is 1.68. The highest BCUT2D eigenvalue weighted by Gasteiger charge is 2.05. The Morgan fingerprint density at radius 1 is 1.12 bits per heavy atom. The van der Waals surface area contributed by atoms with E-state index >= 15 is 0 Å². The van der Waals surface area contributed by atoms with Crippen LogP contribution in [0.1, 0.15) is 5.69 Å². The highest BCUT2D eigenvalue weighted by molar-refractivity contribution is 5.62. The molecule has 0 unspecified atom stereocenters. The van der Waals surface area contributed by atoms with E-state index in [0.717, 1.165) is 24.3 Å². The van der Waals surface area contributed by atoms with Crippen LogP contribution >= 0.6 is 0 Å². The van der Waals surface area contributed by atoms with Crippen LogP contribution in [-0.2, 0) is 6.42 Å². The predicted molar refractivity (Wildman–Crippen MR) is 69.9 cm³/mol. The molecule has 0 aliphatic heterocycles. The quantitative estimate of drug-likeness (QED) is 0.866. The molecule has 2 aromatic rings. The number of anilines is 2. The Kier molecular flexibility index (Phi) is 3.55. The van der Waals surface area contributed by atoms with Crippen LogP contribution < -0.4 is 10.6 Å². The summed E-state index contributed by atoms with van der Waals surface area (Å²) in [6.07, 6.45) is 4.41. The largest absolute Gasteiger partial charge is 0.382 e. The first-order valence-corrected chi connectivity index (χ1v) is 5.59. The third-order valence-electron chi connectivity index (χ3n) is 2.66. The first kappa shape index (κ1) is 11.4. The number of aromatic nitrogens is 2. The topological polar surface area (TPSA) is 55.0 Å². The lowest BCUT2D eigenvalue weighted by atomic mass is 10.2. The molecule has 0 fully saturated rings. The Morgan fingerprint density at radius 3 is 2.65 bits per heavy atom. The molecule has 0 saturated carbocycles. The second-order valence-corrected chi connectivity index (χ2v) is 3.90. The van der Waals surface area contributed by atoms with Gasteiger partial charge >= 0.3 is 0 Å². The normalized spacial score (nSPS) is 10.2. The van der Waals surface area contributed by atoms with Crippen molar-refractivity contribution < 1.29 is 0 Å². The molecule has 0 atom stereocenters. The van der Waals surface area contributed by atoms with Crippen LogP contribution in [0.2, 0.25) is 0 Å². The van der Waals surface area contributed by atoms with Gasteiger partial charge in [0.15, 0.2) is 0 Å². The first-order valence-electron chi connectivity index (χ1n) is 5.59. The fraction of sp³-hybridized carbons (Fsp3) is 0.231. The highest BCUT2D eigenvalue weighted by atomic mass is 15.1. The zero-order chi connectivity index (χ0) is 12.1. The van der Waals surface area contributed by atoms with E-state index in [1.54, 1.807) is 6.20 Å². The summed E-state index contributed by atoms with van der Waals surface area (Å²) >= 11 is 0. The minimum atomic E-state index is 0.566. The molecule has 0 saturated heterocycles. The van der Waals surface area contributed by atoms with Crippen LogP contribution in [0.4, 0.5) is 11.5 Å². The van der Waals surface area contributed by atoms with Crippen molar-refractivity contribution in [2.75, 3.05) is 24.2 Å². The standard InChI is InChI=1S/C13H16N4/c1-17(12-6-4-9-16-13(12)14)10-7-11-5-2-3-8-15-11/h2-6,8-9H,7,10H2,1H3,(H2,14,16). The maximum Gasteiger partial charge on any atom is 0.146 e. The van der Waals surface area contributed by atoms with Crippen molar-refractivity contribution in [3.05, 3.63) is 48.4 Å². The van der Waals surface area contributed by atoms with E-state index in [9.17, 15) is 0 Å². The number of hydrogen-bond acceptors (Lipinski definition) is 4. The molecular formula is C13H16N4. The van der Waals surface area contributed by atoms with Gasteiger partial charge in [0.25, 0.3) is 0 Å². The summed E-state index contributed by atoms with van der Waals surface area (Å²) in [5, 5.41) is 0. The molecule has 0 amide bonds. The van der Waals surface area contributed by atoms with E-state index in [1.165, 1.54) is 0 Å². The third kappa shape index (κ3) is 2.93. The van der Waals surface area contributed by atoms with Crippen molar-refractivity contribution in [3.63, 3.8) is 0 Å². The number of rotatable bonds is 4. The van der Waals surface area contributed by atoms with Gasteiger partial charge in [0, 0.05) is 38.1 Å². The zero-order valence-corrected chi connectivity index (χ0v) is 9.87. The summed E-state index contributed by atoms with van der Waals surface area (Å²) < 4.78 is 0. The van der Waals surface area contributed by atoms with E-state index in [2.05, 4.69) is 14.9 Å². The zero-order valence-electron chi connectivity index (χ0n) is 9.87. The molecule has 4 nitrogen and oxygen atoms in total. The van der Waals surface area contributed by atoms with E-state index in [4.69, 9.17) is 5.73 Å². The Hall–Kier alpha value is -2.10. The van der Waals surface area contributed by atoms with Gasteiger partial charge < -0.3 is 10.6 Å². The molecule has 0 spiro atoms. The van der Waals surface area contributed by atoms with Gasteiger partial charge in [0.05, 0.1) is 5.69 Å². The van der Waals surface area contributed by atoms with E-state index < -0.39 is 0 Å². The summed E-state index contributed by atoms with van der Waals surface area (Å²) in [7, 11) is 2.01. The summed E-state index contributed by atoms with van der Waals surface area (Å²) in [6.45, 7) is 0.868. The van der Waals surface area contributed by atoms with Crippen LogP contribution in [0.25, 0.3) is 0 Å². The lowest BCUT2D eigenvalue weighted by Crippen LogP contribution is -2.22. The third-order valence-corrected chi connectivity index (χ3v) is 2.66. The summed E-state index contributed by atoms with van der Waals surface area (Å²) in [5.74, 6) is 0.566. The van der Waals surface area contributed by atoms with Crippen molar-refractivity contribution in [2.45, 2.75) is 6.42 Å². The van der Waals surface area contributed by atoms with Crippen molar-refractivity contribution in [2.24, 2.45) is 0 Å². The summed E-state index contributed by atoms with van der Waals surface area (Å²) in [6, 6.07) is 9.82. The van der Waals surface area contributed by atoms with Crippen molar-refractivity contribution in [1.82, 2.24) is 9.97 Å². The smallest absolute Gasteiger partial charge is 0.146 e. The van der Waals surface area contributed by atoms with Crippen molar-refractivity contribution in [1.29, 1.82) is 0 Å². The van der Waals surface area contributed by atoms with Gasteiger partial charge in [-0.25, -0.2) is 4.98 Å². The molecule has 2 heterocycles. The molecule has 0 aliphatic carbocycles. The van der Waals surface area contributed by atoms with Gasteiger partial charge in [-0.1, -0.05) is 6.07 Å². The molecule has 2 aromatic heterocycles. The summed E-state index contributed by atoms with van der Waals surface area (Å²) in [5.41, 5.74) is 7.87. The second-order valence-electron chi connectivity index (χ2n) is 3.90. The maximum absolute atomic E-state index is 5.82. The van der Waals surface area contributed by atoms with Crippen LogP contribution in [-0.4, -0.2) is 23.6 Å². The number of nitrogens with zero attached hydrogens (tertiary/aromatic N) is 3. The van der Waals surface area contributed by atoms with Gasteiger partial charge in [-0.2, -0.15) is 0 Å². The van der Waals surface area contributed by atoms with Crippen molar-refractivity contribution in [3.8, 4) is 0 Å². The SMILES string of the molecule is CN(CCc1ccccn1)c1cccnc1N. The average Bonchev–Trinajstić information content (AvgIpc) is 2.38. The Labute approximate surface area is 101 Å². The fourth-order valence-electron chi connectivity index (χ4n) is 1.68. The molecule has 17 heavy (non-hydrogen) atoms. The number of pyridine rings is 2. The predicted octanol–water partition coefficient (Wildman–Crippen LogP) is 1.74. The highest BCUT2D eigenvalue weighted by Crippen LogP contribution is 2.18. The number of likely N-dealkylation sites (N-methyl/N-ethyl adjacent to an activating group) is 1. The van der Waals surface area contributed by atoms with Gasteiger partial charge in [-0.15, -0.1) is 0 Å². The maximum atomic E-state index is 5.82. The summed E-state index contributed by atoms with van der Waals surface area (Å²) in [4.78, 5) is 10.5. The van der Waals surface area contributed by atoms with E-state index in [-0.39, 0.29) is 0 Å². The van der Waals surface area contributed by atoms with E-state index in [1.807, 2.05) is 43.6 Å². The van der Waals surface area contributed by atoms with E-state index in [0.29, 0.717) is 5.82 Å². The lowest BCUT2D eigenvalue weighted by Gasteiger charge is -2.19. The van der Waals surface area contributed by atoms with Crippen LogP contribution in [0.15, 0.2) is 42.7 Å². The van der Waals surface area contributed by atoms with Gasteiger partial charge in [-0.05, 0) is 24.3 Å². The number of nitrogens with two attached hydrogens (primary N) is 1. The minimum absolute atomic E-state index is 0.566. The van der Waals surface area contributed by atoms with Crippen LogP contribution in [0.5, 0.6) is 0 Å². The van der Waals surface area contributed by atoms with Crippen LogP contribution in [0.3, 0.4) is 0 Å². The number of nitrogen functional groups attached to an aromatic ring is 1. The molecule has 4 heteroatoms. The van der Waals surface area contributed by atoms with Crippen LogP contribution in [0, 0.1) is 0 Å². The Bertz CT molecular complexity index is 470. The number of hydrogen-bond donors (Lipinski definition) is 1. The van der Waals surface area contributed by atoms with Crippen molar-refractivity contribution >= 4 is 11.5 Å². The Balaban J connectivity index is 1.99. The molecule has 0 radical (unpaired) electrons.